The van der Waals surface area contributed by atoms with E-state index < -0.39 is 36.0 Å². The number of nitrogens with zero attached hydrogens (tertiary/aromatic N) is 2. The van der Waals surface area contributed by atoms with Crippen molar-refractivity contribution in [1.29, 1.82) is 0 Å². The van der Waals surface area contributed by atoms with Crippen LogP contribution in [0.3, 0.4) is 0 Å². The van der Waals surface area contributed by atoms with Gasteiger partial charge in [-0.3, -0.25) is 19.2 Å². The predicted molar refractivity (Wildman–Crippen MR) is 141 cm³/mol. The molecule has 2 unspecified atom stereocenters. The van der Waals surface area contributed by atoms with Crippen molar-refractivity contribution >= 4 is 23.6 Å². The van der Waals surface area contributed by atoms with Gasteiger partial charge in [0.15, 0.2) is 0 Å². The van der Waals surface area contributed by atoms with Gasteiger partial charge in [-0.1, -0.05) is 42.5 Å². The van der Waals surface area contributed by atoms with E-state index in [9.17, 15) is 24.3 Å². The number of carbonyl (C=O) groups excluding carboxylic acids is 4. The van der Waals surface area contributed by atoms with Crippen molar-refractivity contribution in [2.45, 2.75) is 62.7 Å². The summed E-state index contributed by atoms with van der Waals surface area (Å²) in [7, 11) is 0. The molecule has 4 rings (SSSR count). The van der Waals surface area contributed by atoms with Gasteiger partial charge in [0.1, 0.15) is 23.9 Å². The number of aromatic hydroxyl groups is 1. The Labute approximate surface area is 222 Å². The molecular formula is C28H35N5O5. The van der Waals surface area contributed by atoms with Gasteiger partial charge in [-0.2, -0.15) is 0 Å². The molecule has 10 heteroatoms. The van der Waals surface area contributed by atoms with Gasteiger partial charge in [0.25, 0.3) is 0 Å². The van der Waals surface area contributed by atoms with Crippen LogP contribution >= 0.6 is 0 Å². The number of phenols is 1. The second-order valence-corrected chi connectivity index (χ2v) is 10.0. The molecule has 10 nitrogen and oxygen atoms in total. The van der Waals surface area contributed by atoms with E-state index in [1.807, 2.05) is 30.3 Å². The Morgan fingerprint density at radius 2 is 1.42 bits per heavy atom. The normalized spacial score (nSPS) is 20.7. The molecule has 0 saturated carbocycles. The van der Waals surface area contributed by atoms with Gasteiger partial charge in [-0.05, 0) is 55.4 Å². The van der Waals surface area contributed by atoms with Gasteiger partial charge < -0.3 is 31.7 Å². The zero-order chi connectivity index (χ0) is 27.2. The lowest BCUT2D eigenvalue weighted by molar-refractivity contribution is -0.143. The summed E-state index contributed by atoms with van der Waals surface area (Å²) >= 11 is 0. The summed E-state index contributed by atoms with van der Waals surface area (Å²) in [6.45, 7) is 0.793. The smallest absolute Gasteiger partial charge is 0.246 e. The average molecular weight is 522 g/mol. The quantitative estimate of drug-likeness (QED) is 0.375. The zero-order valence-electron chi connectivity index (χ0n) is 21.3. The van der Waals surface area contributed by atoms with Gasteiger partial charge >= 0.3 is 0 Å². The van der Waals surface area contributed by atoms with E-state index in [1.165, 1.54) is 21.9 Å². The van der Waals surface area contributed by atoms with Crippen molar-refractivity contribution < 1.29 is 24.3 Å². The molecule has 0 bridgehead atoms. The number of rotatable bonds is 9. The Bertz CT molecular complexity index is 1160. The molecule has 2 aliphatic heterocycles. The summed E-state index contributed by atoms with van der Waals surface area (Å²) in [5.41, 5.74) is 13.4. The van der Waals surface area contributed by atoms with E-state index in [0.29, 0.717) is 38.8 Å². The number of hydrogen-bond donors (Lipinski definition) is 4. The second kappa shape index (κ2) is 12.1. The van der Waals surface area contributed by atoms with E-state index in [1.54, 1.807) is 12.1 Å². The van der Waals surface area contributed by atoms with Crippen molar-refractivity contribution in [1.82, 2.24) is 15.1 Å². The van der Waals surface area contributed by atoms with Gasteiger partial charge in [-0.15, -0.1) is 0 Å². The van der Waals surface area contributed by atoms with Crippen LogP contribution in [0.4, 0.5) is 0 Å². The third-order valence-corrected chi connectivity index (χ3v) is 7.31. The predicted octanol–water partition coefficient (Wildman–Crippen LogP) is 0.457. The molecule has 2 aromatic carbocycles. The van der Waals surface area contributed by atoms with Crippen molar-refractivity contribution in [3.05, 3.63) is 65.7 Å². The topological polar surface area (TPSA) is 159 Å². The molecule has 2 fully saturated rings. The number of nitrogens with one attached hydrogen (secondary N) is 1. The lowest BCUT2D eigenvalue weighted by Crippen LogP contribution is -2.57. The minimum atomic E-state index is -0.909. The first kappa shape index (κ1) is 27.1. The monoisotopic (exact) mass is 521 g/mol. The summed E-state index contributed by atoms with van der Waals surface area (Å²) in [6.07, 6.45) is 2.77. The largest absolute Gasteiger partial charge is 0.508 e. The lowest BCUT2D eigenvalue weighted by Gasteiger charge is -2.31. The first-order chi connectivity index (χ1) is 18.2. The molecule has 2 aromatic rings. The van der Waals surface area contributed by atoms with Crippen LogP contribution in [0.25, 0.3) is 0 Å². The number of carbonyl (C=O) groups is 4. The van der Waals surface area contributed by atoms with E-state index in [4.69, 9.17) is 11.5 Å². The molecule has 2 heterocycles. The zero-order valence-corrected chi connectivity index (χ0v) is 21.3. The Balaban J connectivity index is 1.47. The fourth-order valence-electron chi connectivity index (χ4n) is 5.33. The van der Waals surface area contributed by atoms with Crippen LogP contribution in [-0.2, 0) is 32.0 Å². The minimum Gasteiger partial charge on any atom is -0.508 e. The maximum Gasteiger partial charge on any atom is 0.246 e. The fraction of sp³-hybridized carbons (Fsp3) is 0.429. The van der Waals surface area contributed by atoms with E-state index in [-0.39, 0.29) is 30.4 Å². The van der Waals surface area contributed by atoms with Crippen molar-refractivity contribution in [3.8, 4) is 5.75 Å². The molecule has 202 valence electrons. The molecule has 2 aliphatic rings. The molecule has 0 aromatic heterocycles. The first-order valence-corrected chi connectivity index (χ1v) is 13.0. The molecule has 0 spiro atoms. The molecule has 38 heavy (non-hydrogen) atoms. The highest BCUT2D eigenvalue weighted by Crippen LogP contribution is 2.22. The Kier molecular flexibility index (Phi) is 8.62. The number of benzene rings is 2. The Morgan fingerprint density at radius 3 is 2.05 bits per heavy atom. The fourth-order valence-corrected chi connectivity index (χ4v) is 5.33. The third kappa shape index (κ3) is 6.31. The Morgan fingerprint density at radius 1 is 0.842 bits per heavy atom. The number of primary amides is 1. The summed E-state index contributed by atoms with van der Waals surface area (Å²) < 4.78 is 0. The van der Waals surface area contributed by atoms with Crippen LogP contribution < -0.4 is 16.8 Å². The van der Waals surface area contributed by atoms with Crippen molar-refractivity contribution in [2.75, 3.05) is 13.1 Å². The Hall–Kier alpha value is -3.92. The standard InChI is InChI=1S/C28H35N5O5/c29-21(16-19-10-12-20(34)13-11-19)27(37)33-15-5-9-24(33)26(36)31-22(17-18-6-2-1-3-7-18)28(38)32-14-4-8-23(32)25(30)35/h1-3,6-7,10-13,21-24,34H,4-5,8-9,14-17,29H2,(H2,30,35)(H,31,36)/t21-,22?,23?,24-/m0/s1. The van der Waals surface area contributed by atoms with Gasteiger partial charge in [0, 0.05) is 19.5 Å². The highest BCUT2D eigenvalue weighted by molar-refractivity contribution is 5.95. The highest BCUT2D eigenvalue weighted by Gasteiger charge is 2.40. The number of hydrogen-bond acceptors (Lipinski definition) is 6. The summed E-state index contributed by atoms with van der Waals surface area (Å²) in [6, 6.07) is 12.6. The lowest BCUT2D eigenvalue weighted by atomic mass is 10.0. The molecule has 2 saturated heterocycles. The maximum atomic E-state index is 13.6. The molecule has 6 N–H and O–H groups in total. The molecule has 0 radical (unpaired) electrons. The summed E-state index contributed by atoms with van der Waals surface area (Å²) in [5.74, 6) is -1.55. The van der Waals surface area contributed by atoms with Crippen LogP contribution in [-0.4, -0.2) is 75.8 Å². The third-order valence-electron chi connectivity index (χ3n) is 7.31. The van der Waals surface area contributed by atoms with E-state index in [0.717, 1.165) is 11.1 Å². The van der Waals surface area contributed by atoms with Crippen molar-refractivity contribution in [3.63, 3.8) is 0 Å². The molecular weight excluding hydrogens is 486 g/mol. The van der Waals surface area contributed by atoms with Crippen LogP contribution in [0.5, 0.6) is 5.75 Å². The van der Waals surface area contributed by atoms with Gasteiger partial charge in [0.05, 0.1) is 6.04 Å². The minimum absolute atomic E-state index is 0.126. The number of nitrogens with two attached hydrogens (primary N) is 2. The average Bonchev–Trinajstić information content (AvgIpc) is 3.60. The SMILES string of the molecule is NC(=O)C1CCCN1C(=O)C(Cc1ccccc1)NC(=O)[C@@H]1CCCN1C(=O)[C@@H](N)Cc1ccc(O)cc1. The van der Waals surface area contributed by atoms with Crippen LogP contribution in [0, 0.1) is 0 Å². The summed E-state index contributed by atoms with van der Waals surface area (Å²) in [4.78, 5) is 55.1. The van der Waals surface area contributed by atoms with Crippen LogP contribution in [0.1, 0.15) is 36.8 Å². The van der Waals surface area contributed by atoms with Crippen LogP contribution in [0.15, 0.2) is 54.6 Å². The maximum absolute atomic E-state index is 13.6. The van der Waals surface area contributed by atoms with Crippen LogP contribution in [0.2, 0.25) is 0 Å². The molecule has 4 amide bonds. The molecule has 0 aliphatic carbocycles. The summed E-state index contributed by atoms with van der Waals surface area (Å²) in [5, 5.41) is 12.4. The highest BCUT2D eigenvalue weighted by atomic mass is 16.3. The first-order valence-electron chi connectivity index (χ1n) is 13.0. The second-order valence-electron chi connectivity index (χ2n) is 10.0. The number of amides is 4. The number of likely N-dealkylation sites (tertiary alicyclic amines) is 2. The number of phenolic OH excluding ortho intramolecular Hbond substituents is 1. The van der Waals surface area contributed by atoms with Gasteiger partial charge in [0.2, 0.25) is 23.6 Å². The van der Waals surface area contributed by atoms with Gasteiger partial charge in [-0.25, -0.2) is 0 Å². The molecule has 4 atom stereocenters. The van der Waals surface area contributed by atoms with E-state index >= 15 is 0 Å². The van der Waals surface area contributed by atoms with E-state index in [2.05, 4.69) is 5.32 Å². The van der Waals surface area contributed by atoms with Crippen molar-refractivity contribution in [2.24, 2.45) is 11.5 Å².